The van der Waals surface area contributed by atoms with Crippen LogP contribution in [-0.4, -0.2) is 87.1 Å². The molecule has 2 bridgehead atoms. The Labute approximate surface area is 210 Å². The second kappa shape index (κ2) is 10.5. The molecule has 7 atom stereocenters. The molecule has 3 heterocycles. The van der Waals surface area contributed by atoms with Crippen LogP contribution in [0.5, 0.6) is 0 Å². The molecule has 2 amide bonds. The lowest BCUT2D eigenvalue weighted by Crippen LogP contribution is -2.60. The zero-order valence-electron chi connectivity index (χ0n) is 20.5. The van der Waals surface area contributed by atoms with E-state index in [1.807, 2.05) is 27.7 Å². The predicted molar refractivity (Wildman–Crippen MR) is 131 cm³/mol. The summed E-state index contributed by atoms with van der Waals surface area (Å²) in [6.07, 6.45) is 3.48. The van der Waals surface area contributed by atoms with Crippen LogP contribution in [0.4, 0.5) is 0 Å². The first-order chi connectivity index (χ1) is 16.0. The molecule has 0 aromatic carbocycles. The second-order valence-electron chi connectivity index (χ2n) is 10.2. The highest BCUT2D eigenvalue weighted by molar-refractivity contribution is 9.09. The van der Waals surface area contributed by atoms with Gasteiger partial charge in [0, 0.05) is 17.4 Å². The van der Waals surface area contributed by atoms with Crippen LogP contribution >= 0.6 is 15.9 Å². The van der Waals surface area contributed by atoms with Crippen LogP contribution in [0, 0.1) is 17.8 Å². The number of likely N-dealkylation sites (tertiary alicyclic amines) is 1. The molecule has 3 fully saturated rings. The number of hydrogen-bond donors (Lipinski definition) is 1. The number of aliphatic hydroxyl groups excluding tert-OH is 1. The van der Waals surface area contributed by atoms with E-state index in [-0.39, 0.29) is 41.8 Å². The predicted octanol–water partition coefficient (Wildman–Crippen LogP) is 2.29. The lowest BCUT2D eigenvalue weighted by atomic mass is 9.70. The Morgan fingerprint density at radius 3 is 2.53 bits per heavy atom. The standard InChI is InChI=1S/C25H37BrN2O6/c1-7-9-27(15(5)6)23(31)21-25-12-17(26)20(34-25)18(24(32)33-10-8-2)19(25)22(30)28(21)16(13-29)11-14(3)4/h7-8,14-21,29H,1-2,9-13H2,3-6H3/t16-,17?,18+,19+,20+,21?,25?/m1/s1. The van der Waals surface area contributed by atoms with Crippen molar-refractivity contribution in [2.45, 2.75) is 75.2 Å². The molecule has 0 aromatic rings. The summed E-state index contributed by atoms with van der Waals surface area (Å²) in [5, 5.41) is 10.3. The van der Waals surface area contributed by atoms with E-state index in [2.05, 4.69) is 29.1 Å². The first-order valence-electron chi connectivity index (χ1n) is 12.0. The summed E-state index contributed by atoms with van der Waals surface area (Å²) in [6.45, 7) is 15.2. The molecule has 0 aliphatic carbocycles. The van der Waals surface area contributed by atoms with Crippen molar-refractivity contribution in [3.05, 3.63) is 25.3 Å². The van der Waals surface area contributed by atoms with E-state index in [1.54, 1.807) is 11.0 Å². The van der Waals surface area contributed by atoms with Gasteiger partial charge in [-0.15, -0.1) is 6.58 Å². The van der Waals surface area contributed by atoms with Crippen molar-refractivity contribution >= 4 is 33.7 Å². The maximum atomic E-state index is 14.1. The van der Waals surface area contributed by atoms with Crippen molar-refractivity contribution in [2.75, 3.05) is 19.8 Å². The highest BCUT2D eigenvalue weighted by atomic mass is 79.9. The topological polar surface area (TPSA) is 96.4 Å². The first kappa shape index (κ1) is 26.9. The van der Waals surface area contributed by atoms with Gasteiger partial charge in [-0.3, -0.25) is 14.4 Å². The lowest BCUT2D eigenvalue weighted by Gasteiger charge is -2.40. The number of carbonyl (C=O) groups excluding carboxylic acids is 3. The van der Waals surface area contributed by atoms with Gasteiger partial charge in [-0.1, -0.05) is 48.5 Å². The molecule has 0 saturated carbocycles. The normalized spacial score (nSPS) is 32.8. The van der Waals surface area contributed by atoms with Gasteiger partial charge in [0.25, 0.3) is 0 Å². The van der Waals surface area contributed by atoms with Gasteiger partial charge >= 0.3 is 5.97 Å². The molecule has 0 radical (unpaired) electrons. The van der Waals surface area contributed by atoms with Crippen LogP contribution in [0.1, 0.15) is 40.5 Å². The zero-order valence-corrected chi connectivity index (χ0v) is 22.1. The second-order valence-corrected chi connectivity index (χ2v) is 11.3. The number of nitrogens with zero attached hydrogens (tertiary/aromatic N) is 2. The Hall–Kier alpha value is -1.71. The van der Waals surface area contributed by atoms with Crippen molar-refractivity contribution in [1.82, 2.24) is 9.80 Å². The SMILES string of the molecule is C=CCOC(=O)[C@H]1[C@H]2C(=O)N([C@@H](CO)CC(C)C)C(C(=O)N(CC=C)C(C)C)C23CC(Br)[C@@H]1O3. The van der Waals surface area contributed by atoms with Gasteiger partial charge < -0.3 is 24.4 Å². The van der Waals surface area contributed by atoms with Gasteiger partial charge in [0.05, 0.1) is 30.6 Å². The van der Waals surface area contributed by atoms with Crippen molar-refractivity contribution in [3.8, 4) is 0 Å². The minimum Gasteiger partial charge on any atom is -0.461 e. The van der Waals surface area contributed by atoms with E-state index in [1.165, 1.54) is 11.0 Å². The summed E-state index contributed by atoms with van der Waals surface area (Å²) >= 11 is 3.64. The number of rotatable bonds is 11. The fraction of sp³-hybridized carbons (Fsp3) is 0.720. The van der Waals surface area contributed by atoms with Gasteiger partial charge in [-0.25, -0.2) is 0 Å². The summed E-state index contributed by atoms with van der Waals surface area (Å²) in [5.74, 6) is -2.62. The number of esters is 1. The summed E-state index contributed by atoms with van der Waals surface area (Å²) < 4.78 is 11.8. The molecule has 1 spiro atoms. The van der Waals surface area contributed by atoms with Crippen LogP contribution in [-0.2, 0) is 23.9 Å². The third-order valence-electron chi connectivity index (χ3n) is 7.16. The third kappa shape index (κ3) is 4.35. The quantitative estimate of drug-likeness (QED) is 0.245. The third-order valence-corrected chi connectivity index (χ3v) is 8.00. The molecule has 8 nitrogen and oxygen atoms in total. The smallest absolute Gasteiger partial charge is 0.312 e. The van der Waals surface area contributed by atoms with Gasteiger partial charge in [-0.2, -0.15) is 0 Å². The molecule has 3 aliphatic rings. The Balaban J connectivity index is 2.12. The Morgan fingerprint density at radius 2 is 2.00 bits per heavy atom. The number of fused-ring (bicyclic) bond motifs is 1. The van der Waals surface area contributed by atoms with E-state index < -0.39 is 41.6 Å². The fourth-order valence-electron chi connectivity index (χ4n) is 5.92. The van der Waals surface area contributed by atoms with Crippen molar-refractivity contribution in [3.63, 3.8) is 0 Å². The van der Waals surface area contributed by atoms with E-state index >= 15 is 0 Å². The number of ether oxygens (including phenoxy) is 2. The monoisotopic (exact) mass is 540 g/mol. The summed E-state index contributed by atoms with van der Waals surface area (Å²) in [7, 11) is 0. The Morgan fingerprint density at radius 1 is 1.32 bits per heavy atom. The molecule has 3 saturated heterocycles. The molecular weight excluding hydrogens is 504 g/mol. The molecule has 0 aromatic heterocycles. The summed E-state index contributed by atoms with van der Waals surface area (Å²) in [4.78, 5) is 44.2. The number of alkyl halides is 1. The van der Waals surface area contributed by atoms with E-state index in [0.29, 0.717) is 19.4 Å². The van der Waals surface area contributed by atoms with Crippen LogP contribution in [0.2, 0.25) is 0 Å². The van der Waals surface area contributed by atoms with E-state index in [9.17, 15) is 19.5 Å². The van der Waals surface area contributed by atoms with Crippen LogP contribution < -0.4 is 0 Å². The summed E-state index contributed by atoms with van der Waals surface area (Å²) in [6, 6.07) is -1.66. The van der Waals surface area contributed by atoms with Gasteiger partial charge in [0.15, 0.2) is 0 Å². The molecule has 1 N–H and O–H groups in total. The largest absolute Gasteiger partial charge is 0.461 e. The van der Waals surface area contributed by atoms with Crippen molar-refractivity contribution in [2.24, 2.45) is 17.8 Å². The van der Waals surface area contributed by atoms with Gasteiger partial charge in [0.1, 0.15) is 18.2 Å². The average molecular weight is 541 g/mol. The van der Waals surface area contributed by atoms with Crippen LogP contribution in [0.25, 0.3) is 0 Å². The molecule has 3 unspecified atom stereocenters. The highest BCUT2D eigenvalue weighted by Gasteiger charge is 2.77. The molecule has 3 rings (SSSR count). The molecule has 3 aliphatic heterocycles. The Kier molecular flexibility index (Phi) is 8.30. The zero-order chi connectivity index (χ0) is 25.4. The number of halogens is 1. The molecule has 190 valence electrons. The van der Waals surface area contributed by atoms with Crippen LogP contribution in [0.15, 0.2) is 25.3 Å². The minimum absolute atomic E-state index is 0.0298. The number of amides is 2. The fourth-order valence-corrected chi connectivity index (χ4v) is 6.86. The van der Waals surface area contributed by atoms with Gasteiger partial charge in [-0.05, 0) is 32.6 Å². The first-order valence-corrected chi connectivity index (χ1v) is 12.9. The van der Waals surface area contributed by atoms with E-state index in [4.69, 9.17) is 9.47 Å². The maximum Gasteiger partial charge on any atom is 0.312 e. The average Bonchev–Trinajstić information content (AvgIpc) is 3.36. The van der Waals surface area contributed by atoms with E-state index in [0.717, 1.165) is 0 Å². The number of carbonyl (C=O) groups is 3. The lowest BCUT2D eigenvalue weighted by molar-refractivity contribution is -0.156. The van der Waals surface area contributed by atoms with Crippen molar-refractivity contribution < 1.29 is 29.0 Å². The maximum absolute atomic E-state index is 14.1. The number of hydrogen-bond acceptors (Lipinski definition) is 6. The minimum atomic E-state index is -1.18. The van der Waals surface area contributed by atoms with Crippen molar-refractivity contribution in [1.29, 1.82) is 0 Å². The number of aliphatic hydroxyl groups is 1. The molecule has 34 heavy (non-hydrogen) atoms. The Bertz CT molecular complexity index is 832. The molecule has 9 heteroatoms. The summed E-state index contributed by atoms with van der Waals surface area (Å²) in [5.41, 5.74) is -1.18. The van der Waals surface area contributed by atoms with Gasteiger partial charge in [0.2, 0.25) is 11.8 Å². The highest BCUT2D eigenvalue weighted by Crippen LogP contribution is 2.60. The van der Waals surface area contributed by atoms with Crippen LogP contribution in [0.3, 0.4) is 0 Å². The molecular formula is C25H37BrN2O6.